The van der Waals surface area contributed by atoms with Crippen molar-refractivity contribution in [2.45, 2.75) is 12.6 Å². The molecule has 24 heavy (non-hydrogen) atoms. The summed E-state index contributed by atoms with van der Waals surface area (Å²) >= 11 is 0. The standard InChI is InChI=1S/C18H29N3O3/c1-19(2)12-16-13-21(9-10-24-16)14-18(22)20(3)11-15-7-5-6-8-17(15)23-4/h5-8,16H,9-14H2,1-4H3. The second kappa shape index (κ2) is 9.01. The van der Waals surface area contributed by atoms with Gasteiger partial charge in [-0.25, -0.2) is 0 Å². The van der Waals surface area contributed by atoms with Crippen LogP contribution in [0.25, 0.3) is 0 Å². The van der Waals surface area contributed by atoms with E-state index in [1.807, 2.05) is 45.4 Å². The molecule has 6 nitrogen and oxygen atoms in total. The fraction of sp³-hybridized carbons (Fsp3) is 0.611. The van der Waals surface area contributed by atoms with Crippen LogP contribution in [-0.2, 0) is 16.1 Å². The quantitative estimate of drug-likeness (QED) is 0.741. The average Bonchev–Trinajstić information content (AvgIpc) is 2.55. The fourth-order valence-electron chi connectivity index (χ4n) is 2.93. The van der Waals surface area contributed by atoms with Gasteiger partial charge in [0.15, 0.2) is 0 Å². The maximum Gasteiger partial charge on any atom is 0.236 e. The van der Waals surface area contributed by atoms with Gasteiger partial charge < -0.3 is 19.3 Å². The highest BCUT2D eigenvalue weighted by Gasteiger charge is 2.23. The average molecular weight is 335 g/mol. The molecular formula is C18H29N3O3. The molecule has 0 spiro atoms. The van der Waals surface area contributed by atoms with Crippen molar-refractivity contribution in [3.63, 3.8) is 0 Å². The van der Waals surface area contributed by atoms with Crippen LogP contribution in [0.5, 0.6) is 5.75 Å². The van der Waals surface area contributed by atoms with Crippen LogP contribution in [-0.4, -0.2) is 87.7 Å². The predicted molar refractivity (Wildman–Crippen MR) is 94.2 cm³/mol. The Morgan fingerprint density at radius 2 is 2.08 bits per heavy atom. The molecule has 0 bridgehead atoms. The van der Waals surface area contributed by atoms with Crippen molar-refractivity contribution >= 4 is 5.91 Å². The van der Waals surface area contributed by atoms with Gasteiger partial charge >= 0.3 is 0 Å². The number of amides is 1. The third-order valence-corrected chi connectivity index (χ3v) is 4.18. The minimum Gasteiger partial charge on any atom is -0.496 e. The lowest BCUT2D eigenvalue weighted by atomic mass is 10.2. The van der Waals surface area contributed by atoms with E-state index in [0.29, 0.717) is 19.7 Å². The lowest BCUT2D eigenvalue weighted by molar-refractivity contribution is -0.133. The van der Waals surface area contributed by atoms with E-state index in [4.69, 9.17) is 9.47 Å². The van der Waals surface area contributed by atoms with Crippen LogP contribution in [0.1, 0.15) is 5.56 Å². The molecule has 1 unspecified atom stereocenters. The first-order valence-electron chi connectivity index (χ1n) is 8.34. The number of rotatable bonds is 7. The maximum absolute atomic E-state index is 12.5. The zero-order valence-electron chi connectivity index (χ0n) is 15.2. The highest BCUT2D eigenvalue weighted by Crippen LogP contribution is 2.19. The van der Waals surface area contributed by atoms with E-state index in [0.717, 1.165) is 30.9 Å². The molecule has 2 rings (SSSR count). The van der Waals surface area contributed by atoms with Crippen molar-refractivity contribution in [1.29, 1.82) is 0 Å². The second-order valence-electron chi connectivity index (χ2n) is 6.55. The number of hydrogen-bond donors (Lipinski definition) is 0. The van der Waals surface area contributed by atoms with Gasteiger partial charge in [0.1, 0.15) is 5.75 Å². The third kappa shape index (κ3) is 5.47. The highest BCUT2D eigenvalue weighted by atomic mass is 16.5. The summed E-state index contributed by atoms with van der Waals surface area (Å²) in [5, 5.41) is 0. The fourth-order valence-corrected chi connectivity index (χ4v) is 2.93. The molecule has 0 aliphatic carbocycles. The third-order valence-electron chi connectivity index (χ3n) is 4.18. The van der Waals surface area contributed by atoms with Crippen molar-refractivity contribution in [3.05, 3.63) is 29.8 Å². The minimum absolute atomic E-state index is 0.117. The Hall–Kier alpha value is -1.63. The molecule has 0 N–H and O–H groups in total. The first-order valence-corrected chi connectivity index (χ1v) is 8.34. The summed E-state index contributed by atoms with van der Waals surface area (Å²) in [4.78, 5) is 18.6. The Morgan fingerprint density at radius 1 is 1.33 bits per heavy atom. The van der Waals surface area contributed by atoms with Gasteiger partial charge in [0.2, 0.25) is 5.91 Å². The number of nitrogens with zero attached hydrogens (tertiary/aromatic N) is 3. The van der Waals surface area contributed by atoms with E-state index < -0.39 is 0 Å². The summed E-state index contributed by atoms with van der Waals surface area (Å²) < 4.78 is 11.1. The lowest BCUT2D eigenvalue weighted by Crippen LogP contribution is -2.49. The molecule has 1 aromatic rings. The van der Waals surface area contributed by atoms with Crippen LogP contribution in [0.4, 0.5) is 0 Å². The van der Waals surface area contributed by atoms with E-state index in [9.17, 15) is 4.79 Å². The smallest absolute Gasteiger partial charge is 0.236 e. The van der Waals surface area contributed by atoms with E-state index in [1.54, 1.807) is 12.0 Å². The number of benzene rings is 1. The summed E-state index contributed by atoms with van der Waals surface area (Å²) in [6, 6.07) is 7.80. The van der Waals surface area contributed by atoms with E-state index in [-0.39, 0.29) is 12.0 Å². The number of methoxy groups -OCH3 is 1. The maximum atomic E-state index is 12.5. The molecule has 1 aliphatic rings. The van der Waals surface area contributed by atoms with Gasteiger partial charge in [-0.1, -0.05) is 18.2 Å². The van der Waals surface area contributed by atoms with Crippen molar-refractivity contribution in [3.8, 4) is 5.75 Å². The zero-order valence-corrected chi connectivity index (χ0v) is 15.2. The van der Waals surface area contributed by atoms with Crippen molar-refractivity contribution < 1.29 is 14.3 Å². The van der Waals surface area contributed by atoms with E-state index >= 15 is 0 Å². The Morgan fingerprint density at radius 3 is 2.79 bits per heavy atom. The van der Waals surface area contributed by atoms with Crippen LogP contribution < -0.4 is 4.74 Å². The number of carbonyl (C=O) groups is 1. The second-order valence-corrected chi connectivity index (χ2v) is 6.55. The molecular weight excluding hydrogens is 306 g/mol. The number of para-hydroxylation sites is 1. The van der Waals surface area contributed by atoms with Crippen molar-refractivity contribution in [2.24, 2.45) is 0 Å². The van der Waals surface area contributed by atoms with Crippen molar-refractivity contribution in [1.82, 2.24) is 14.7 Å². The first-order chi connectivity index (χ1) is 11.5. The first kappa shape index (κ1) is 18.7. The monoisotopic (exact) mass is 335 g/mol. The summed E-state index contributed by atoms with van der Waals surface area (Å²) in [6.45, 7) is 4.14. The molecule has 0 radical (unpaired) electrons. The van der Waals surface area contributed by atoms with Crippen LogP contribution in [0.15, 0.2) is 24.3 Å². The topological polar surface area (TPSA) is 45.3 Å². The number of ether oxygens (including phenoxy) is 2. The largest absolute Gasteiger partial charge is 0.496 e. The summed E-state index contributed by atoms with van der Waals surface area (Å²) in [5.41, 5.74) is 1.02. The van der Waals surface area contributed by atoms with Crippen molar-refractivity contribution in [2.75, 3.05) is 61.0 Å². The molecule has 6 heteroatoms. The Bertz CT molecular complexity index is 536. The van der Waals surface area contributed by atoms with Crippen LogP contribution >= 0.6 is 0 Å². The lowest BCUT2D eigenvalue weighted by Gasteiger charge is -2.34. The van der Waals surface area contributed by atoms with Crippen LogP contribution in [0.2, 0.25) is 0 Å². The summed E-state index contributed by atoms with van der Waals surface area (Å²) in [5.74, 6) is 0.931. The van der Waals surface area contributed by atoms with Gasteiger partial charge in [-0.2, -0.15) is 0 Å². The summed E-state index contributed by atoms with van der Waals surface area (Å²) in [6.07, 6.45) is 0.168. The molecule has 0 aromatic heterocycles. The Labute approximate surface area is 144 Å². The molecule has 1 atom stereocenters. The number of carbonyl (C=O) groups excluding carboxylic acids is 1. The summed E-state index contributed by atoms with van der Waals surface area (Å²) in [7, 11) is 7.56. The molecule has 1 fully saturated rings. The molecule has 1 heterocycles. The molecule has 1 saturated heterocycles. The normalized spacial score (nSPS) is 18.6. The SMILES string of the molecule is COc1ccccc1CN(C)C(=O)CN1CCOC(CN(C)C)C1. The highest BCUT2D eigenvalue weighted by molar-refractivity contribution is 5.78. The van der Waals surface area contributed by atoms with Gasteiger partial charge in [0.25, 0.3) is 0 Å². The van der Waals surface area contributed by atoms with E-state index in [1.165, 1.54) is 0 Å². The molecule has 1 amide bonds. The van der Waals surface area contributed by atoms with Gasteiger partial charge in [0.05, 0.1) is 26.4 Å². The molecule has 0 saturated carbocycles. The van der Waals surface area contributed by atoms with Gasteiger partial charge in [-0.05, 0) is 20.2 Å². The van der Waals surface area contributed by atoms with Gasteiger partial charge in [-0.15, -0.1) is 0 Å². The molecule has 1 aliphatic heterocycles. The van der Waals surface area contributed by atoms with Crippen LogP contribution in [0.3, 0.4) is 0 Å². The number of hydrogen-bond acceptors (Lipinski definition) is 5. The molecule has 134 valence electrons. The van der Waals surface area contributed by atoms with Crippen LogP contribution in [0, 0.1) is 0 Å². The van der Waals surface area contributed by atoms with E-state index in [2.05, 4.69) is 9.80 Å². The predicted octanol–water partition coefficient (Wildman–Crippen LogP) is 0.916. The Kier molecular flexibility index (Phi) is 7.02. The van der Waals surface area contributed by atoms with Gasteiger partial charge in [-0.3, -0.25) is 9.69 Å². The zero-order chi connectivity index (χ0) is 17.5. The minimum atomic E-state index is 0.117. The number of likely N-dealkylation sites (N-methyl/N-ethyl adjacent to an activating group) is 2. The number of morpholine rings is 1. The molecule has 1 aromatic carbocycles. The van der Waals surface area contributed by atoms with Gasteiger partial charge in [0, 0.05) is 38.8 Å². The Balaban J connectivity index is 1.87.